The first kappa shape index (κ1) is 102. The molecule has 0 fully saturated rings. The van der Waals surface area contributed by atoms with E-state index in [1.165, 1.54) is 308 Å². The molecule has 7 aromatic rings. The number of H-pyrrole nitrogens is 2. The summed E-state index contributed by atoms with van der Waals surface area (Å²) in [4.78, 5) is 42.2. The van der Waals surface area contributed by atoms with E-state index >= 15 is 0 Å². The summed E-state index contributed by atoms with van der Waals surface area (Å²) >= 11 is 0. The number of aromatic nitrogens is 8. The number of fused-ring (bicyclic) bond motifs is 24. The smallest absolute Gasteiger partial charge is 0.251 e. The van der Waals surface area contributed by atoms with Crippen molar-refractivity contribution in [1.29, 1.82) is 0 Å². The second kappa shape index (κ2) is 54.5. The zero-order valence-electron chi connectivity index (χ0n) is 84.5. The van der Waals surface area contributed by atoms with Crippen LogP contribution in [0.3, 0.4) is 0 Å². The lowest BCUT2D eigenvalue weighted by Gasteiger charge is -2.28. The van der Waals surface area contributed by atoms with Crippen LogP contribution in [-0.4, -0.2) is 63.0 Å². The van der Waals surface area contributed by atoms with Gasteiger partial charge in [0.05, 0.1) is 0 Å². The molecule has 16 heteroatoms. The summed E-state index contributed by atoms with van der Waals surface area (Å²) < 4.78 is 59.4. The zero-order valence-corrected chi connectivity index (χ0v) is 84.5. The Balaban J connectivity index is 0.958. The third-order valence-electron chi connectivity index (χ3n) is 29.7. The average molecular weight is 1810 g/mol. The number of nitrogens with one attached hydrogen (secondary N) is 2. The normalized spacial score (nSPS) is 14.8. The summed E-state index contributed by atoms with van der Waals surface area (Å²) in [5, 5.41) is 3.34. The van der Waals surface area contributed by atoms with Gasteiger partial charge in [0, 0.05) is 95.2 Å². The molecule has 0 atom stereocenters. The molecule has 0 aliphatic carbocycles. The van der Waals surface area contributed by atoms with Crippen LogP contribution in [0.5, 0.6) is 46.0 Å². The summed E-state index contributed by atoms with van der Waals surface area (Å²) in [5.41, 5.74) is 5.57. The van der Waals surface area contributed by atoms with Gasteiger partial charge in [0.25, 0.3) is 23.1 Å². The van der Waals surface area contributed by atoms with Gasteiger partial charge in [-0.25, -0.2) is 29.9 Å². The Labute approximate surface area is 798 Å². The number of unbranched alkanes of at least 4 members (excludes halogenated alkanes) is 56. The SMILES string of the molecule is CCCCCCCCCCC1(CCCCCCCCCC)Oc2cc3c(cc2O1)-c1nc-3nc2[nH]c(nc3nc(nc4[nH]c(n1)c1cc5c(cc41)OC(CCCCCCCCCC)(CCCCCCCCCC)O5)-c1cc4c(cc1-3)OC(CCCCCCCCCC)(CCCCCCCCCC)O4)c1cc3c(cc21)OC(CCCCCCCCCC)(CCCCCCCCCC)O3. The number of rotatable bonds is 72. The second-order valence-electron chi connectivity index (χ2n) is 41.2. The first-order chi connectivity index (χ1) is 65.0. The van der Waals surface area contributed by atoms with Crippen LogP contribution in [-0.2, 0) is 0 Å². The fraction of sp³-hybridized carbons (Fsp3) is 0.724. The maximum absolute atomic E-state index is 7.43. The van der Waals surface area contributed by atoms with Crippen molar-refractivity contribution < 1.29 is 37.9 Å². The number of ether oxygens (including phenoxy) is 8. The lowest BCUT2D eigenvalue weighted by Crippen LogP contribution is -2.38. The lowest BCUT2D eigenvalue weighted by atomic mass is 9.98. The molecule has 16 nitrogen and oxygen atoms in total. The summed E-state index contributed by atoms with van der Waals surface area (Å²) in [5.74, 6) is 4.51. The molecule has 9 heterocycles. The minimum Gasteiger partial charge on any atom is -0.448 e. The highest BCUT2D eigenvalue weighted by Crippen LogP contribution is 2.55. The molecule has 0 saturated heterocycles. The van der Waals surface area contributed by atoms with E-state index in [-0.39, 0.29) is 0 Å². The number of aromatic amines is 2. The molecule has 4 aromatic carbocycles. The molecule has 0 amide bonds. The fourth-order valence-electron chi connectivity index (χ4n) is 21.7. The van der Waals surface area contributed by atoms with Gasteiger partial charge >= 0.3 is 0 Å². The Kier molecular flexibility index (Phi) is 42.2. The molecule has 8 bridgehead atoms. The number of nitrogens with zero attached hydrogens (tertiary/aromatic N) is 6. The highest BCUT2D eigenvalue weighted by Gasteiger charge is 2.47. The van der Waals surface area contributed by atoms with Gasteiger partial charge in [0.2, 0.25) is 0 Å². The Morgan fingerprint density at radius 2 is 0.295 bits per heavy atom. The molecule has 0 saturated carbocycles. The maximum Gasteiger partial charge on any atom is 0.251 e. The van der Waals surface area contributed by atoms with Gasteiger partial charge in [-0.2, -0.15) is 0 Å². The third kappa shape index (κ3) is 29.4. The van der Waals surface area contributed by atoms with E-state index in [1.807, 2.05) is 0 Å². The maximum atomic E-state index is 7.43. The van der Waals surface area contributed by atoms with Gasteiger partial charge in [-0.05, 0) is 99.9 Å². The summed E-state index contributed by atoms with van der Waals surface area (Å²) in [6.45, 7) is 18.4. The highest BCUT2D eigenvalue weighted by atomic mass is 16.8. The van der Waals surface area contributed by atoms with E-state index in [2.05, 4.69) is 114 Å². The van der Waals surface area contributed by atoms with Crippen molar-refractivity contribution in [2.45, 2.75) is 541 Å². The van der Waals surface area contributed by atoms with Crippen molar-refractivity contribution in [1.82, 2.24) is 39.9 Å². The number of hydrogen-bond donors (Lipinski definition) is 2. The van der Waals surface area contributed by atoms with Crippen LogP contribution in [0.4, 0.5) is 0 Å². The van der Waals surface area contributed by atoms with Crippen molar-refractivity contribution in [3.8, 4) is 91.5 Å². The molecule has 13 rings (SSSR count). The van der Waals surface area contributed by atoms with E-state index < -0.39 is 23.1 Å². The van der Waals surface area contributed by atoms with Crippen LogP contribution in [0.15, 0.2) is 48.5 Å². The van der Waals surface area contributed by atoms with Crippen molar-refractivity contribution in [3.63, 3.8) is 0 Å². The van der Waals surface area contributed by atoms with Crippen molar-refractivity contribution in [2.75, 3.05) is 0 Å². The summed E-state index contributed by atoms with van der Waals surface area (Å²) in [6, 6.07) is 17.3. The van der Waals surface area contributed by atoms with Crippen LogP contribution < -0.4 is 37.9 Å². The predicted octanol–water partition coefficient (Wildman–Crippen LogP) is 37.0. The molecule has 0 radical (unpaired) electrons. The van der Waals surface area contributed by atoms with Gasteiger partial charge < -0.3 is 47.9 Å². The molecular formula is C116H178N8O8. The quantitative estimate of drug-likeness (QED) is 0.0343. The van der Waals surface area contributed by atoms with Crippen LogP contribution in [0.1, 0.15) is 518 Å². The first-order valence-corrected chi connectivity index (χ1v) is 56.1. The number of benzene rings is 4. The van der Waals surface area contributed by atoms with E-state index in [4.69, 9.17) is 67.8 Å². The first-order valence-electron chi connectivity index (χ1n) is 56.1. The largest absolute Gasteiger partial charge is 0.448 e. The Morgan fingerprint density at radius 3 is 0.439 bits per heavy atom. The molecular weight excluding hydrogens is 1630 g/mol. The molecule has 6 aliphatic rings. The minimum atomic E-state index is -0.807. The number of hydrogen-bond acceptors (Lipinski definition) is 14. The fourth-order valence-corrected chi connectivity index (χ4v) is 21.7. The van der Waals surface area contributed by atoms with E-state index in [9.17, 15) is 0 Å². The Hall–Kier alpha value is -7.36. The molecule has 6 aliphatic heterocycles. The summed E-state index contributed by atoms with van der Waals surface area (Å²) in [6.07, 6.45) is 85.3. The van der Waals surface area contributed by atoms with E-state index in [1.54, 1.807) is 0 Å². The minimum absolute atomic E-state index is 0.497. The highest BCUT2D eigenvalue weighted by molar-refractivity contribution is 6.08. The van der Waals surface area contributed by atoms with Gasteiger partial charge in [-0.1, -0.05) is 415 Å². The van der Waals surface area contributed by atoms with Crippen LogP contribution in [0.2, 0.25) is 0 Å². The standard InChI is InChI=1S/C116H178N8O8/c1-9-17-25-33-41-49-57-65-73-113(74-66-58-50-42-34-26-18-10-2)125-97-81-89-90(82-98(97)126-113)106-117-105(89)121-107-91-83-99-101(129-114(127-99,75-67-59-51-43-35-27-19-11-3)76-68-60-52-44-36-28-20-12-4)85-93(91)109(118-107)123-111-95-87-103-104(132-116(131-103,79-71-63-55-47-39-31-23-15-7)80-72-64-56-48-40-32-24-16-8)88-96(95)112(120-111)124-110-94-86-102-100(84-92(94)108(119-110)122-106)128-115(130-102,77-69-61-53-45-37-29-21-13-5)78-70-62-54-46-38-30-22-14-6/h81-88H,9-80H2,1-8H3,(H2,117,118,119,120,121,122,123,124). The second-order valence-corrected chi connectivity index (χ2v) is 41.2. The third-order valence-corrected chi connectivity index (χ3v) is 29.7. The molecule has 132 heavy (non-hydrogen) atoms. The van der Waals surface area contributed by atoms with Crippen molar-refractivity contribution in [3.05, 3.63) is 48.5 Å². The Bertz CT molecular complexity index is 4180. The van der Waals surface area contributed by atoms with Crippen LogP contribution in [0, 0.1) is 0 Å². The lowest BCUT2D eigenvalue weighted by molar-refractivity contribution is -0.0953. The zero-order chi connectivity index (χ0) is 91.7. The van der Waals surface area contributed by atoms with Crippen molar-refractivity contribution in [2.24, 2.45) is 0 Å². The van der Waals surface area contributed by atoms with Gasteiger partial charge in [-0.3, -0.25) is 0 Å². The van der Waals surface area contributed by atoms with Gasteiger partial charge in [0.1, 0.15) is 22.6 Å². The van der Waals surface area contributed by atoms with E-state index in [0.717, 1.165) is 221 Å². The van der Waals surface area contributed by atoms with E-state index in [0.29, 0.717) is 68.9 Å². The molecule has 0 spiro atoms. The van der Waals surface area contributed by atoms with Crippen molar-refractivity contribution >= 4 is 44.1 Å². The Morgan fingerprint density at radius 1 is 0.167 bits per heavy atom. The molecule has 3 aromatic heterocycles. The van der Waals surface area contributed by atoms with Crippen LogP contribution in [0.25, 0.3) is 89.7 Å². The summed E-state index contributed by atoms with van der Waals surface area (Å²) in [7, 11) is 0. The van der Waals surface area contributed by atoms with Crippen LogP contribution >= 0.6 is 0 Å². The molecule has 0 unspecified atom stereocenters. The van der Waals surface area contributed by atoms with Gasteiger partial charge in [-0.15, -0.1) is 0 Å². The van der Waals surface area contributed by atoms with Gasteiger partial charge in [0.15, 0.2) is 69.3 Å². The topological polar surface area (TPSA) is 183 Å². The predicted molar refractivity (Wildman–Crippen MR) is 550 cm³/mol. The average Bonchev–Trinajstić information content (AvgIpc) is 1.58. The monoisotopic (exact) mass is 1810 g/mol. The molecule has 2 N–H and O–H groups in total. The molecule has 730 valence electrons.